The number of aromatic nitrogens is 2. The van der Waals surface area contributed by atoms with Crippen molar-refractivity contribution in [3.05, 3.63) is 58.1 Å². The first-order valence-electron chi connectivity index (χ1n) is 6.60. The molecule has 0 saturated carbocycles. The maximum absolute atomic E-state index is 12.4. The van der Waals surface area contributed by atoms with Gasteiger partial charge in [-0.25, -0.2) is 23.2 Å². The highest BCUT2D eigenvalue weighted by Crippen LogP contribution is 2.33. The topological polar surface area (TPSA) is 86.2 Å². The highest BCUT2D eigenvalue weighted by atomic mass is 35.5. The minimum Gasteiger partial charge on any atom is -0.464 e. The van der Waals surface area contributed by atoms with Crippen LogP contribution in [0.5, 0.6) is 0 Å². The first-order valence-corrected chi connectivity index (χ1v) is 8.93. The summed E-state index contributed by atoms with van der Waals surface area (Å²) in [6.07, 6.45) is 3.90. The Morgan fingerprint density at radius 1 is 1.30 bits per heavy atom. The lowest BCUT2D eigenvalue weighted by atomic mass is 10.0. The van der Waals surface area contributed by atoms with Gasteiger partial charge in [0, 0.05) is 24.2 Å². The van der Waals surface area contributed by atoms with Crippen LogP contribution in [0.4, 0.5) is 0 Å². The summed E-state index contributed by atoms with van der Waals surface area (Å²) in [5.41, 5.74) is 1.30. The molecule has 122 valence electrons. The van der Waals surface area contributed by atoms with Gasteiger partial charge in [0.25, 0.3) is 0 Å². The Morgan fingerprint density at radius 3 is 2.57 bits per heavy atom. The Balaban J connectivity index is 2.74. The van der Waals surface area contributed by atoms with E-state index in [1.165, 1.54) is 19.5 Å². The molecular weight excluding hydrogens is 340 g/mol. The van der Waals surface area contributed by atoms with Gasteiger partial charge in [-0.2, -0.15) is 0 Å². The molecule has 23 heavy (non-hydrogen) atoms. The molecule has 0 radical (unpaired) electrons. The third kappa shape index (κ3) is 3.68. The van der Waals surface area contributed by atoms with E-state index in [2.05, 4.69) is 9.97 Å². The van der Waals surface area contributed by atoms with Crippen molar-refractivity contribution in [2.45, 2.75) is 12.2 Å². The van der Waals surface area contributed by atoms with E-state index >= 15 is 0 Å². The number of rotatable bonds is 4. The maximum Gasteiger partial charge on any atom is 0.356 e. The molecule has 2 aromatic rings. The fourth-order valence-electron chi connectivity index (χ4n) is 2.33. The zero-order valence-electron chi connectivity index (χ0n) is 12.8. The van der Waals surface area contributed by atoms with E-state index in [0.717, 1.165) is 6.26 Å². The van der Waals surface area contributed by atoms with E-state index < -0.39 is 21.1 Å². The summed E-state index contributed by atoms with van der Waals surface area (Å²) in [5.74, 6) is -0.700. The van der Waals surface area contributed by atoms with E-state index in [4.69, 9.17) is 16.3 Å². The van der Waals surface area contributed by atoms with Crippen LogP contribution in [0, 0.1) is 6.92 Å². The SMILES string of the molecule is COC(=O)c1ncccc1C(c1cnc(Cl)cc1C)S(C)(=O)=O. The molecule has 0 aliphatic carbocycles. The molecule has 2 aromatic heterocycles. The number of sulfone groups is 1. The summed E-state index contributed by atoms with van der Waals surface area (Å²) in [6, 6.07) is 4.68. The molecule has 0 amide bonds. The summed E-state index contributed by atoms with van der Waals surface area (Å²) in [5, 5.41) is -0.826. The predicted molar refractivity (Wildman–Crippen MR) is 86.2 cm³/mol. The van der Waals surface area contributed by atoms with Gasteiger partial charge in [0.15, 0.2) is 15.5 Å². The molecule has 8 heteroatoms. The fraction of sp³-hybridized carbons (Fsp3) is 0.267. The van der Waals surface area contributed by atoms with E-state index in [0.29, 0.717) is 11.1 Å². The van der Waals surface area contributed by atoms with E-state index in [-0.39, 0.29) is 16.4 Å². The summed E-state index contributed by atoms with van der Waals surface area (Å²) in [6.45, 7) is 1.73. The van der Waals surface area contributed by atoms with Crippen molar-refractivity contribution in [1.29, 1.82) is 0 Å². The second-order valence-electron chi connectivity index (χ2n) is 5.01. The molecule has 0 spiro atoms. The first kappa shape index (κ1) is 17.4. The van der Waals surface area contributed by atoms with Crippen LogP contribution < -0.4 is 0 Å². The molecule has 2 heterocycles. The lowest BCUT2D eigenvalue weighted by Gasteiger charge is -2.19. The van der Waals surface area contributed by atoms with E-state index in [1.807, 2.05) is 0 Å². The Bertz CT molecular complexity index is 852. The van der Waals surface area contributed by atoms with Gasteiger partial charge in [-0.3, -0.25) is 0 Å². The Morgan fingerprint density at radius 2 is 2.00 bits per heavy atom. The van der Waals surface area contributed by atoms with Gasteiger partial charge in [-0.15, -0.1) is 0 Å². The number of methoxy groups -OCH3 is 1. The third-order valence-corrected chi connectivity index (χ3v) is 4.90. The van der Waals surface area contributed by atoms with Crippen molar-refractivity contribution < 1.29 is 17.9 Å². The number of pyridine rings is 2. The van der Waals surface area contributed by atoms with Crippen LogP contribution in [-0.4, -0.2) is 37.7 Å². The Hall–Kier alpha value is -1.99. The number of esters is 1. The Labute approximate surface area is 139 Å². The summed E-state index contributed by atoms with van der Waals surface area (Å²) >= 11 is 5.84. The molecule has 6 nitrogen and oxygen atoms in total. The quantitative estimate of drug-likeness (QED) is 0.618. The van der Waals surface area contributed by atoms with Gasteiger partial charge < -0.3 is 4.74 Å². The fourth-order valence-corrected chi connectivity index (χ4v) is 3.90. The van der Waals surface area contributed by atoms with Gasteiger partial charge in [-0.05, 0) is 30.2 Å². The smallest absolute Gasteiger partial charge is 0.356 e. The molecule has 0 aromatic carbocycles. The number of halogens is 1. The molecule has 1 atom stereocenters. The van der Waals surface area contributed by atoms with Crippen molar-refractivity contribution in [3.8, 4) is 0 Å². The second-order valence-corrected chi connectivity index (χ2v) is 7.52. The summed E-state index contributed by atoms with van der Waals surface area (Å²) in [4.78, 5) is 19.8. The van der Waals surface area contributed by atoms with E-state index in [1.54, 1.807) is 25.1 Å². The van der Waals surface area contributed by atoms with Crippen molar-refractivity contribution in [2.24, 2.45) is 0 Å². The molecule has 0 fully saturated rings. The second kappa shape index (κ2) is 6.64. The molecule has 0 aliphatic heterocycles. The molecule has 2 rings (SSSR count). The molecule has 0 aliphatic rings. The normalized spacial score (nSPS) is 12.7. The number of aryl methyl sites for hydroxylation is 1. The first-order chi connectivity index (χ1) is 10.8. The van der Waals surface area contributed by atoms with Crippen LogP contribution in [-0.2, 0) is 14.6 Å². The van der Waals surface area contributed by atoms with Gasteiger partial charge >= 0.3 is 5.97 Å². The molecule has 0 bridgehead atoms. The van der Waals surface area contributed by atoms with E-state index in [9.17, 15) is 13.2 Å². The van der Waals surface area contributed by atoms with Gasteiger partial charge in [0.1, 0.15) is 10.4 Å². The molecule has 1 unspecified atom stereocenters. The minimum atomic E-state index is -3.60. The molecular formula is C15H15ClN2O4S. The number of nitrogens with zero attached hydrogens (tertiary/aromatic N) is 2. The monoisotopic (exact) mass is 354 g/mol. The highest BCUT2D eigenvalue weighted by molar-refractivity contribution is 7.91. The average molecular weight is 355 g/mol. The van der Waals surface area contributed by atoms with Gasteiger partial charge in [-0.1, -0.05) is 17.7 Å². The molecule has 0 N–H and O–H groups in total. The zero-order chi connectivity index (χ0) is 17.2. The van der Waals surface area contributed by atoms with Crippen molar-refractivity contribution in [1.82, 2.24) is 9.97 Å². The number of carbonyl (C=O) groups is 1. The van der Waals surface area contributed by atoms with Crippen molar-refractivity contribution in [3.63, 3.8) is 0 Å². The maximum atomic E-state index is 12.4. The minimum absolute atomic E-state index is 0.0419. The molecule has 0 saturated heterocycles. The average Bonchev–Trinajstić information content (AvgIpc) is 2.48. The standard InChI is InChI=1S/C15H15ClN2O4S/c1-9-7-12(16)18-8-11(9)14(23(3,20)21)10-5-4-6-17-13(10)15(19)22-2/h4-8,14H,1-3H3. The zero-order valence-corrected chi connectivity index (χ0v) is 14.4. The highest BCUT2D eigenvalue weighted by Gasteiger charge is 2.31. The number of hydrogen-bond donors (Lipinski definition) is 0. The lowest BCUT2D eigenvalue weighted by molar-refractivity contribution is 0.0593. The summed E-state index contributed by atoms with van der Waals surface area (Å²) < 4.78 is 29.5. The van der Waals surface area contributed by atoms with Crippen LogP contribution in [0.25, 0.3) is 0 Å². The van der Waals surface area contributed by atoms with Crippen LogP contribution in [0.2, 0.25) is 5.15 Å². The number of carbonyl (C=O) groups excluding carboxylic acids is 1. The van der Waals surface area contributed by atoms with Gasteiger partial charge in [0.05, 0.1) is 7.11 Å². The van der Waals surface area contributed by atoms with Crippen LogP contribution in [0.3, 0.4) is 0 Å². The largest absolute Gasteiger partial charge is 0.464 e. The number of hydrogen-bond acceptors (Lipinski definition) is 6. The number of ether oxygens (including phenoxy) is 1. The predicted octanol–water partition coefficient (Wildman–Crippen LogP) is 2.36. The Kier molecular flexibility index (Phi) is 5.01. The van der Waals surface area contributed by atoms with Crippen LogP contribution in [0.1, 0.15) is 32.4 Å². The van der Waals surface area contributed by atoms with Crippen molar-refractivity contribution in [2.75, 3.05) is 13.4 Å². The van der Waals surface area contributed by atoms with Gasteiger partial charge in [0.2, 0.25) is 0 Å². The van der Waals surface area contributed by atoms with Crippen LogP contribution in [0.15, 0.2) is 30.6 Å². The lowest BCUT2D eigenvalue weighted by Crippen LogP contribution is -2.19. The van der Waals surface area contributed by atoms with Crippen molar-refractivity contribution >= 4 is 27.4 Å². The summed E-state index contributed by atoms with van der Waals surface area (Å²) in [7, 11) is -2.39. The third-order valence-electron chi connectivity index (χ3n) is 3.33. The van der Waals surface area contributed by atoms with Crippen LogP contribution >= 0.6 is 11.6 Å².